The van der Waals surface area contributed by atoms with Gasteiger partial charge in [0.05, 0.1) is 18.1 Å². The van der Waals surface area contributed by atoms with Crippen molar-refractivity contribution in [2.24, 2.45) is 5.92 Å². The van der Waals surface area contributed by atoms with E-state index in [1.54, 1.807) is 0 Å². The van der Waals surface area contributed by atoms with Crippen LogP contribution in [0.1, 0.15) is 25.5 Å². The summed E-state index contributed by atoms with van der Waals surface area (Å²) in [5.74, 6) is 0.648. The standard InChI is InChI=1S/C12H21N3O/c1-3-12-10(4-5-16-12)8-15-9-14-7-11(15)6-13-2/h7,9-10,12-13H,3-6,8H2,1-2H3. The molecular formula is C12H21N3O. The molecule has 0 bridgehead atoms. The van der Waals surface area contributed by atoms with Gasteiger partial charge in [0.25, 0.3) is 0 Å². The molecule has 0 amide bonds. The molecule has 1 fully saturated rings. The minimum Gasteiger partial charge on any atom is -0.378 e. The lowest BCUT2D eigenvalue weighted by molar-refractivity contribution is 0.0833. The summed E-state index contributed by atoms with van der Waals surface area (Å²) in [6, 6.07) is 0. The summed E-state index contributed by atoms with van der Waals surface area (Å²) < 4.78 is 7.96. The van der Waals surface area contributed by atoms with E-state index in [-0.39, 0.29) is 0 Å². The predicted molar refractivity (Wildman–Crippen MR) is 63.1 cm³/mol. The number of ether oxygens (including phenoxy) is 1. The molecule has 1 aliphatic heterocycles. The van der Waals surface area contributed by atoms with Crippen LogP contribution in [0.2, 0.25) is 0 Å². The molecule has 2 atom stereocenters. The zero-order chi connectivity index (χ0) is 11.4. The highest BCUT2D eigenvalue weighted by molar-refractivity contribution is 4.98. The highest BCUT2D eigenvalue weighted by Crippen LogP contribution is 2.25. The van der Waals surface area contributed by atoms with E-state index in [1.807, 2.05) is 19.6 Å². The fourth-order valence-electron chi connectivity index (χ4n) is 2.45. The van der Waals surface area contributed by atoms with Crippen LogP contribution in [0.15, 0.2) is 12.5 Å². The van der Waals surface area contributed by atoms with Gasteiger partial charge in [-0.15, -0.1) is 0 Å². The van der Waals surface area contributed by atoms with E-state index in [9.17, 15) is 0 Å². The number of rotatable bonds is 5. The molecule has 0 radical (unpaired) electrons. The first kappa shape index (κ1) is 11.6. The number of imidazole rings is 1. The number of aromatic nitrogens is 2. The first-order valence-electron chi connectivity index (χ1n) is 6.10. The molecule has 1 N–H and O–H groups in total. The summed E-state index contributed by atoms with van der Waals surface area (Å²) >= 11 is 0. The Hall–Kier alpha value is -0.870. The lowest BCUT2D eigenvalue weighted by Crippen LogP contribution is -2.22. The summed E-state index contributed by atoms with van der Waals surface area (Å²) in [7, 11) is 1.96. The van der Waals surface area contributed by atoms with Gasteiger partial charge in [-0.1, -0.05) is 6.92 Å². The molecule has 1 saturated heterocycles. The highest BCUT2D eigenvalue weighted by Gasteiger charge is 2.27. The Balaban J connectivity index is 1.99. The van der Waals surface area contributed by atoms with Gasteiger partial charge in [-0.3, -0.25) is 0 Å². The van der Waals surface area contributed by atoms with Gasteiger partial charge in [-0.2, -0.15) is 0 Å². The van der Waals surface area contributed by atoms with Crippen molar-refractivity contribution in [3.63, 3.8) is 0 Å². The van der Waals surface area contributed by atoms with Gasteiger partial charge in [0.1, 0.15) is 0 Å². The Bertz CT molecular complexity index is 324. The van der Waals surface area contributed by atoms with Crippen LogP contribution in [0.4, 0.5) is 0 Å². The Morgan fingerprint density at radius 1 is 1.62 bits per heavy atom. The Morgan fingerprint density at radius 3 is 3.25 bits per heavy atom. The van der Waals surface area contributed by atoms with E-state index in [0.717, 1.165) is 26.1 Å². The molecule has 1 aliphatic rings. The van der Waals surface area contributed by atoms with Crippen molar-refractivity contribution < 1.29 is 4.74 Å². The molecule has 90 valence electrons. The molecule has 0 spiro atoms. The Labute approximate surface area is 97.0 Å². The summed E-state index contributed by atoms with van der Waals surface area (Å²) in [6.45, 7) is 5.03. The van der Waals surface area contributed by atoms with Gasteiger partial charge in [-0.25, -0.2) is 4.98 Å². The van der Waals surface area contributed by atoms with Crippen molar-refractivity contribution in [3.8, 4) is 0 Å². The minimum atomic E-state index is 0.435. The first-order valence-corrected chi connectivity index (χ1v) is 6.10. The van der Waals surface area contributed by atoms with Gasteiger partial charge >= 0.3 is 0 Å². The second-order valence-corrected chi connectivity index (χ2v) is 4.43. The van der Waals surface area contributed by atoms with Crippen molar-refractivity contribution in [3.05, 3.63) is 18.2 Å². The van der Waals surface area contributed by atoms with Crippen LogP contribution in [0, 0.1) is 5.92 Å². The molecule has 2 rings (SSSR count). The fourth-order valence-corrected chi connectivity index (χ4v) is 2.45. The summed E-state index contributed by atoms with van der Waals surface area (Å²) in [5, 5.41) is 3.17. The van der Waals surface area contributed by atoms with Crippen molar-refractivity contribution in [2.75, 3.05) is 13.7 Å². The summed E-state index contributed by atoms with van der Waals surface area (Å²) in [4.78, 5) is 4.22. The van der Waals surface area contributed by atoms with E-state index in [0.29, 0.717) is 12.0 Å². The SMILES string of the molecule is CCC1OCCC1Cn1cncc1CNC. The van der Waals surface area contributed by atoms with Crippen molar-refractivity contribution in [1.82, 2.24) is 14.9 Å². The number of hydrogen-bond donors (Lipinski definition) is 1. The van der Waals surface area contributed by atoms with E-state index in [2.05, 4.69) is 21.8 Å². The predicted octanol–water partition coefficient (Wildman–Crippen LogP) is 1.42. The molecular weight excluding hydrogens is 202 g/mol. The summed E-state index contributed by atoms with van der Waals surface area (Å²) in [5.41, 5.74) is 1.25. The topological polar surface area (TPSA) is 39.1 Å². The van der Waals surface area contributed by atoms with Gasteiger partial charge in [0.2, 0.25) is 0 Å². The first-order chi connectivity index (χ1) is 7.85. The molecule has 1 aromatic rings. The highest BCUT2D eigenvalue weighted by atomic mass is 16.5. The smallest absolute Gasteiger partial charge is 0.0948 e. The molecule has 2 heterocycles. The number of nitrogens with one attached hydrogen (secondary N) is 1. The summed E-state index contributed by atoms with van der Waals surface area (Å²) in [6.07, 6.45) is 6.59. The fraction of sp³-hybridized carbons (Fsp3) is 0.750. The van der Waals surface area contributed by atoms with Crippen LogP contribution in [-0.4, -0.2) is 29.3 Å². The third-order valence-corrected chi connectivity index (χ3v) is 3.34. The van der Waals surface area contributed by atoms with Crippen molar-refractivity contribution >= 4 is 0 Å². The van der Waals surface area contributed by atoms with Gasteiger partial charge in [0.15, 0.2) is 0 Å². The Morgan fingerprint density at radius 2 is 2.50 bits per heavy atom. The van der Waals surface area contributed by atoms with Crippen molar-refractivity contribution in [2.45, 2.75) is 39.0 Å². The molecule has 4 heteroatoms. The van der Waals surface area contributed by atoms with Crippen LogP contribution in [0.3, 0.4) is 0 Å². The molecule has 2 unspecified atom stereocenters. The Kier molecular flexibility index (Phi) is 3.96. The number of nitrogens with zero attached hydrogens (tertiary/aromatic N) is 2. The van der Waals surface area contributed by atoms with E-state index >= 15 is 0 Å². The van der Waals surface area contributed by atoms with Crippen LogP contribution in [-0.2, 0) is 17.8 Å². The zero-order valence-corrected chi connectivity index (χ0v) is 10.1. The second-order valence-electron chi connectivity index (χ2n) is 4.43. The third-order valence-electron chi connectivity index (χ3n) is 3.34. The maximum absolute atomic E-state index is 5.71. The van der Waals surface area contributed by atoms with Crippen LogP contribution in [0.5, 0.6) is 0 Å². The zero-order valence-electron chi connectivity index (χ0n) is 10.1. The lowest BCUT2D eigenvalue weighted by atomic mass is 9.99. The second kappa shape index (κ2) is 5.46. The molecule has 0 saturated carbocycles. The number of hydrogen-bond acceptors (Lipinski definition) is 3. The van der Waals surface area contributed by atoms with Crippen LogP contribution < -0.4 is 5.32 Å². The molecule has 1 aromatic heterocycles. The lowest BCUT2D eigenvalue weighted by Gasteiger charge is -2.18. The average molecular weight is 223 g/mol. The van der Waals surface area contributed by atoms with Gasteiger partial charge < -0.3 is 14.6 Å². The molecule has 0 aliphatic carbocycles. The average Bonchev–Trinajstić information content (AvgIpc) is 2.89. The molecule has 0 aromatic carbocycles. The molecule has 4 nitrogen and oxygen atoms in total. The van der Waals surface area contributed by atoms with E-state index in [1.165, 1.54) is 12.1 Å². The van der Waals surface area contributed by atoms with Crippen molar-refractivity contribution in [1.29, 1.82) is 0 Å². The normalized spacial score (nSPS) is 25.1. The van der Waals surface area contributed by atoms with E-state index < -0.39 is 0 Å². The minimum absolute atomic E-state index is 0.435. The maximum Gasteiger partial charge on any atom is 0.0948 e. The monoisotopic (exact) mass is 223 g/mol. The van der Waals surface area contributed by atoms with Crippen LogP contribution >= 0.6 is 0 Å². The van der Waals surface area contributed by atoms with Gasteiger partial charge in [0, 0.05) is 31.8 Å². The molecule has 16 heavy (non-hydrogen) atoms. The van der Waals surface area contributed by atoms with Gasteiger partial charge in [-0.05, 0) is 19.9 Å². The van der Waals surface area contributed by atoms with E-state index in [4.69, 9.17) is 4.74 Å². The quantitative estimate of drug-likeness (QED) is 0.820. The third kappa shape index (κ3) is 2.44. The van der Waals surface area contributed by atoms with Crippen LogP contribution in [0.25, 0.3) is 0 Å². The largest absolute Gasteiger partial charge is 0.378 e. The maximum atomic E-state index is 5.71.